The number of aliphatic imine (C=N–C) groups is 2. The fourth-order valence-corrected chi connectivity index (χ4v) is 11.8. The molecule has 94 heavy (non-hydrogen) atoms. The van der Waals surface area contributed by atoms with Crippen molar-refractivity contribution in [2.75, 3.05) is 88.6 Å². The van der Waals surface area contributed by atoms with Gasteiger partial charge in [-0.05, 0) is 140 Å². The monoisotopic (exact) mass is 1290 g/mol. The highest BCUT2D eigenvalue weighted by Gasteiger charge is 2.52. The van der Waals surface area contributed by atoms with Gasteiger partial charge in [-0.25, -0.2) is 39.5 Å². The lowest BCUT2D eigenvalue weighted by molar-refractivity contribution is 0.00578. The first-order valence-corrected chi connectivity index (χ1v) is 32.4. The third kappa shape index (κ3) is 15.9. The fourth-order valence-electron chi connectivity index (χ4n) is 11.6. The molecular weight excluding hydrogens is 1220 g/mol. The fraction of sp³-hybridized carbons (Fsp3) is 0.457. The number of likely N-dealkylation sites (tertiary alicyclic amines) is 2. The minimum atomic E-state index is -0.556. The summed E-state index contributed by atoms with van der Waals surface area (Å²) in [5, 5.41) is 20.0. The van der Waals surface area contributed by atoms with Crippen molar-refractivity contribution in [3.8, 4) is 34.9 Å². The number of nitriles is 2. The zero-order chi connectivity index (χ0) is 66.5. The number of hydrogen-bond donors (Lipinski definition) is 0. The van der Waals surface area contributed by atoms with E-state index >= 15 is 0 Å². The third-order valence-electron chi connectivity index (χ3n) is 17.3. The highest BCUT2D eigenvalue weighted by atomic mass is 35.5. The molecule has 0 saturated carbocycles. The molecule has 0 aliphatic carbocycles. The molecule has 0 N–H and O–H groups in total. The second kappa shape index (κ2) is 28.1. The van der Waals surface area contributed by atoms with E-state index in [1.165, 1.54) is 17.7 Å². The van der Waals surface area contributed by atoms with Crippen molar-refractivity contribution in [1.82, 2.24) is 29.7 Å². The van der Waals surface area contributed by atoms with Crippen LogP contribution in [0.25, 0.3) is 11.3 Å². The van der Waals surface area contributed by atoms with Crippen LogP contribution in [0.2, 0.25) is 5.15 Å². The summed E-state index contributed by atoms with van der Waals surface area (Å²) in [6.45, 7) is 27.7. The normalized spacial score (nSPS) is 19.5. The number of benzene rings is 4. The summed E-state index contributed by atoms with van der Waals surface area (Å²) in [4.78, 5) is 59.5. The van der Waals surface area contributed by atoms with Crippen molar-refractivity contribution >= 4 is 70.5 Å². The van der Waals surface area contributed by atoms with Gasteiger partial charge < -0.3 is 57.3 Å². The number of nitrogens with zero attached hydrogens (tertiary/aromatic N) is 12. The van der Waals surface area contributed by atoms with Crippen molar-refractivity contribution in [2.45, 2.75) is 130 Å². The van der Waals surface area contributed by atoms with Gasteiger partial charge in [0.1, 0.15) is 71.1 Å². The van der Waals surface area contributed by atoms with Crippen molar-refractivity contribution in [2.24, 2.45) is 9.98 Å². The summed E-state index contributed by atoms with van der Waals surface area (Å²) < 4.78 is 46.1. The summed E-state index contributed by atoms with van der Waals surface area (Å²) in [5.41, 5.74) is 10.7. The number of morpholine rings is 2. The summed E-state index contributed by atoms with van der Waals surface area (Å²) in [5.74, 6) is 0.973. The number of ether oxygens (including phenoxy) is 6. The van der Waals surface area contributed by atoms with Crippen LogP contribution in [0.5, 0.6) is 11.5 Å². The number of fused-ring (bicyclic) bond motifs is 2. The molecule has 13 rings (SSSR count). The number of rotatable bonds is 10. The molecule has 5 fully saturated rings. The molecule has 22 nitrogen and oxygen atoms in total. The third-order valence-corrected chi connectivity index (χ3v) is 17.5. The second-order valence-corrected chi connectivity index (χ2v) is 27.3. The molecule has 4 aromatic carbocycles. The maximum absolute atomic E-state index is 12.4. The minimum absolute atomic E-state index is 0.188. The molecule has 24 heteroatoms. The second-order valence-electron chi connectivity index (χ2n) is 26.9. The molecule has 0 radical (unpaired) electrons. The largest absolute Gasteiger partial charge is 0.494 e. The smallest absolute Gasteiger partial charge is 0.487 e. The van der Waals surface area contributed by atoms with Crippen LogP contribution in [-0.2, 0) is 41.1 Å². The molecular formula is C70H80BClN12O10. The molecule has 2 aromatic heterocycles. The Morgan fingerprint density at radius 1 is 0.574 bits per heavy atom. The Kier molecular flexibility index (Phi) is 19.9. The Morgan fingerprint density at radius 2 is 1.01 bits per heavy atom. The lowest BCUT2D eigenvalue weighted by Crippen LogP contribution is -2.41. The van der Waals surface area contributed by atoms with Gasteiger partial charge in [-0.15, -0.1) is 0 Å². The Hall–Kier alpha value is -8.71. The number of carbonyl (C=O) groups excluding carboxylic acids is 2. The van der Waals surface area contributed by atoms with Crippen LogP contribution >= 0.6 is 11.6 Å². The van der Waals surface area contributed by atoms with Gasteiger partial charge in [-0.1, -0.05) is 41.9 Å². The van der Waals surface area contributed by atoms with Gasteiger partial charge in [0.15, 0.2) is 5.15 Å². The van der Waals surface area contributed by atoms with E-state index in [0.717, 1.165) is 103 Å². The maximum Gasteiger partial charge on any atom is 0.494 e. The van der Waals surface area contributed by atoms with Crippen molar-refractivity contribution in [3.63, 3.8) is 0 Å². The Balaban J connectivity index is 0.000000152. The van der Waals surface area contributed by atoms with E-state index in [1.807, 2.05) is 81.4 Å². The quantitative estimate of drug-likeness (QED) is 0.0914. The zero-order valence-electron chi connectivity index (χ0n) is 55.1. The zero-order valence-corrected chi connectivity index (χ0v) is 55.9. The van der Waals surface area contributed by atoms with E-state index in [1.54, 1.807) is 40.4 Å². The van der Waals surface area contributed by atoms with Gasteiger partial charge in [-0.2, -0.15) is 10.5 Å². The molecule has 0 unspecified atom stereocenters. The van der Waals surface area contributed by atoms with Gasteiger partial charge in [0.2, 0.25) is 0 Å². The molecule has 9 heterocycles. The average molecular weight is 1300 g/mol. The summed E-state index contributed by atoms with van der Waals surface area (Å²) >= 11 is 6.07. The van der Waals surface area contributed by atoms with Gasteiger partial charge in [0.25, 0.3) is 0 Å². The SMILES string of the molecule is CC(C)(C)OC(=O)N1CC[C@@H](Oc2ccc(-c3ncnc4c3N=C(c3ccc(N5CCOCC5)cc3)C4)cc2C#N)C1.CC(C)(C)OC(=O)N1CC[C@@H](Oc2ccc(B3OC(C)(C)C(C)(C)O3)cc2C#N)C1.Clc1ncnc2c1N=C(c1ccc(N3CCOCC3)cc1)C2. The van der Waals surface area contributed by atoms with Crippen LogP contribution in [0.3, 0.4) is 0 Å². The highest BCUT2D eigenvalue weighted by molar-refractivity contribution is 6.62. The van der Waals surface area contributed by atoms with Gasteiger partial charge in [-0.3, -0.25) is 0 Å². The lowest BCUT2D eigenvalue weighted by Gasteiger charge is -2.32. The highest BCUT2D eigenvalue weighted by Crippen LogP contribution is 2.40. The number of carbonyl (C=O) groups is 2. The van der Waals surface area contributed by atoms with Gasteiger partial charge in [0.05, 0.1) is 90.4 Å². The van der Waals surface area contributed by atoms with Crippen LogP contribution in [0.1, 0.15) is 116 Å². The Labute approximate surface area is 554 Å². The number of halogens is 1. The van der Waals surface area contributed by atoms with E-state index in [-0.39, 0.29) is 24.4 Å². The summed E-state index contributed by atoms with van der Waals surface area (Å²) in [6.07, 6.45) is 4.60. The summed E-state index contributed by atoms with van der Waals surface area (Å²) in [6, 6.07) is 32.3. The average Bonchev–Trinajstić information content (AvgIpc) is 1.64. The van der Waals surface area contributed by atoms with Crippen molar-refractivity contribution in [1.29, 1.82) is 10.5 Å². The predicted octanol–water partition coefficient (Wildman–Crippen LogP) is 10.8. The van der Waals surface area contributed by atoms with Gasteiger partial charge >= 0.3 is 19.3 Å². The lowest BCUT2D eigenvalue weighted by atomic mass is 9.78. The molecule has 7 aliphatic rings. The minimum Gasteiger partial charge on any atom is -0.487 e. The molecule has 0 bridgehead atoms. The first kappa shape index (κ1) is 66.7. The molecule has 7 aliphatic heterocycles. The van der Waals surface area contributed by atoms with E-state index in [0.29, 0.717) is 91.0 Å². The molecule has 2 atom stereocenters. The molecule has 6 aromatic rings. The molecule has 0 spiro atoms. The molecule has 2 amide bonds. The maximum atomic E-state index is 12.4. The topological polar surface area (TPSA) is 245 Å². The summed E-state index contributed by atoms with van der Waals surface area (Å²) in [7, 11) is -0.537. The Morgan fingerprint density at radius 3 is 1.48 bits per heavy atom. The van der Waals surface area contributed by atoms with Crippen LogP contribution < -0.4 is 24.7 Å². The first-order valence-electron chi connectivity index (χ1n) is 32.0. The van der Waals surface area contributed by atoms with Crippen LogP contribution in [0, 0.1) is 22.7 Å². The van der Waals surface area contributed by atoms with Crippen LogP contribution in [-0.4, -0.2) is 174 Å². The Bertz CT molecular complexity index is 3890. The van der Waals surface area contributed by atoms with Crippen molar-refractivity contribution in [3.05, 3.63) is 136 Å². The van der Waals surface area contributed by atoms with Crippen LogP contribution in [0.4, 0.5) is 32.3 Å². The number of anilines is 2. The van der Waals surface area contributed by atoms with Crippen LogP contribution in [0.15, 0.2) is 108 Å². The van der Waals surface area contributed by atoms with E-state index in [9.17, 15) is 20.1 Å². The standard InChI is InChI=1S/C32H34N6O4.C22H31BN2O5.C16H15ClN4O/c1-32(2,3)42-31(39)38-11-10-25(19-38)41-28-9-6-22(16-23(28)18-33)29-30-27(34-20-35-29)17-26(36-30)21-4-7-24(8-5-21)37-12-14-40-15-13-37;1-20(2,3)28-19(26)25-11-10-17(14-25)27-18-9-8-16(12-15(18)13-24)23-29-21(4,5)22(6,7)30-23;17-16-15-14(18-10-19-16)9-13(20-15)11-1-3-12(4-2-11)21-5-7-22-8-6-21/h4-9,16,20,25H,10-15,17,19H2,1-3H3;8-9,12,17H,10-11,14H2,1-7H3;1-4,10H,5-9H2/t25-;17-;/m11./s1. The van der Waals surface area contributed by atoms with Gasteiger partial charge in [0, 0.05) is 81.9 Å². The molecule has 5 saturated heterocycles. The molecule has 490 valence electrons. The number of amides is 2. The van der Waals surface area contributed by atoms with Crippen molar-refractivity contribution < 1.29 is 47.3 Å². The van der Waals surface area contributed by atoms with E-state index in [4.69, 9.17) is 54.3 Å². The van der Waals surface area contributed by atoms with E-state index in [2.05, 4.69) is 95.4 Å². The van der Waals surface area contributed by atoms with E-state index < -0.39 is 29.5 Å². The number of hydrogen-bond acceptors (Lipinski definition) is 20. The first-order chi connectivity index (χ1) is 44.9. The predicted molar refractivity (Wildman–Crippen MR) is 359 cm³/mol. The number of aromatic nitrogens is 4.